The van der Waals surface area contributed by atoms with E-state index in [-0.39, 0.29) is 6.04 Å². The van der Waals surface area contributed by atoms with E-state index in [4.69, 9.17) is 11.6 Å². The van der Waals surface area contributed by atoms with Crippen LogP contribution < -0.4 is 5.32 Å². The summed E-state index contributed by atoms with van der Waals surface area (Å²) in [7, 11) is 0. The molecule has 0 saturated carbocycles. The second-order valence-electron chi connectivity index (χ2n) is 5.36. The molecule has 1 N–H and O–H groups in total. The smallest absolute Gasteiger partial charge is 0.0438 e. The normalized spacial score (nSPS) is 12.4. The van der Waals surface area contributed by atoms with Crippen molar-refractivity contribution < 1.29 is 0 Å². The van der Waals surface area contributed by atoms with Gasteiger partial charge in [0.15, 0.2) is 0 Å². The lowest BCUT2D eigenvalue weighted by atomic mass is 9.97. The largest absolute Gasteiger partial charge is 0.310 e. The number of hydrogen-bond acceptors (Lipinski definition) is 1. The van der Waals surface area contributed by atoms with E-state index in [1.54, 1.807) is 0 Å². The van der Waals surface area contributed by atoms with Crippen molar-refractivity contribution in [3.8, 4) is 0 Å². The van der Waals surface area contributed by atoms with Gasteiger partial charge < -0.3 is 5.32 Å². The number of nitrogens with one attached hydrogen (secondary N) is 1. The first kappa shape index (κ1) is 16.5. The summed E-state index contributed by atoms with van der Waals surface area (Å²) < 4.78 is 1.12. The second-order valence-corrected chi connectivity index (χ2v) is 6.69. The van der Waals surface area contributed by atoms with E-state index in [0.717, 1.165) is 28.9 Å². The number of aryl methyl sites for hydroxylation is 1. The van der Waals surface area contributed by atoms with Crippen molar-refractivity contribution in [2.45, 2.75) is 32.7 Å². The van der Waals surface area contributed by atoms with Crippen molar-refractivity contribution in [3.05, 3.63) is 68.7 Å². The van der Waals surface area contributed by atoms with Crippen LogP contribution in [0.1, 0.15) is 36.1 Å². The van der Waals surface area contributed by atoms with Gasteiger partial charge >= 0.3 is 0 Å². The molecule has 3 heteroatoms. The van der Waals surface area contributed by atoms with Crippen molar-refractivity contribution in [1.29, 1.82) is 0 Å². The van der Waals surface area contributed by atoms with Crippen LogP contribution in [0.2, 0.25) is 5.02 Å². The van der Waals surface area contributed by atoms with Gasteiger partial charge in [0.2, 0.25) is 0 Å². The summed E-state index contributed by atoms with van der Waals surface area (Å²) in [6.45, 7) is 5.31. The third kappa shape index (κ3) is 4.84. The highest BCUT2D eigenvalue weighted by Crippen LogP contribution is 2.26. The Hall–Kier alpha value is -0.830. The van der Waals surface area contributed by atoms with E-state index in [2.05, 4.69) is 59.4 Å². The van der Waals surface area contributed by atoms with Crippen LogP contribution >= 0.6 is 27.5 Å². The molecule has 0 aromatic heterocycles. The highest BCUT2D eigenvalue weighted by atomic mass is 79.9. The first-order chi connectivity index (χ1) is 10.1. The van der Waals surface area contributed by atoms with Crippen molar-refractivity contribution in [3.63, 3.8) is 0 Å². The Morgan fingerprint density at radius 3 is 2.62 bits per heavy atom. The molecule has 2 aromatic carbocycles. The van der Waals surface area contributed by atoms with Crippen LogP contribution in [0.4, 0.5) is 0 Å². The van der Waals surface area contributed by atoms with Crippen molar-refractivity contribution in [2.75, 3.05) is 6.54 Å². The maximum Gasteiger partial charge on any atom is 0.0438 e. The highest BCUT2D eigenvalue weighted by Gasteiger charge is 2.14. The fourth-order valence-corrected chi connectivity index (χ4v) is 3.31. The fourth-order valence-electron chi connectivity index (χ4n) is 2.48. The van der Waals surface area contributed by atoms with Crippen molar-refractivity contribution in [1.82, 2.24) is 5.32 Å². The van der Waals surface area contributed by atoms with Gasteiger partial charge in [-0.25, -0.2) is 0 Å². The zero-order valence-corrected chi connectivity index (χ0v) is 14.8. The standard InChI is InChI=1S/C18H21BrClN/c1-3-8-21-18(12-14-6-4-5-7-17(14)20)15-9-13(2)10-16(19)11-15/h4-7,9-11,18,21H,3,8,12H2,1-2H3. The molecule has 0 bridgehead atoms. The Morgan fingerprint density at radius 1 is 1.19 bits per heavy atom. The lowest BCUT2D eigenvalue weighted by Crippen LogP contribution is -2.24. The number of hydrogen-bond donors (Lipinski definition) is 1. The summed E-state index contributed by atoms with van der Waals surface area (Å²) in [5.74, 6) is 0. The van der Waals surface area contributed by atoms with Gasteiger partial charge in [0.25, 0.3) is 0 Å². The zero-order chi connectivity index (χ0) is 15.2. The quantitative estimate of drug-likeness (QED) is 0.692. The minimum atomic E-state index is 0.279. The monoisotopic (exact) mass is 365 g/mol. The van der Waals surface area contributed by atoms with Crippen molar-refractivity contribution in [2.24, 2.45) is 0 Å². The van der Waals surface area contributed by atoms with Crippen LogP contribution in [-0.2, 0) is 6.42 Å². The maximum atomic E-state index is 6.32. The summed E-state index contributed by atoms with van der Waals surface area (Å²) in [5, 5.41) is 4.48. The molecule has 0 spiro atoms. The number of rotatable bonds is 6. The van der Waals surface area contributed by atoms with Crippen LogP contribution in [-0.4, -0.2) is 6.54 Å². The number of benzene rings is 2. The van der Waals surface area contributed by atoms with Gasteiger partial charge in [-0.3, -0.25) is 0 Å². The van der Waals surface area contributed by atoms with Gasteiger partial charge in [0.05, 0.1) is 0 Å². The molecule has 21 heavy (non-hydrogen) atoms. The minimum absolute atomic E-state index is 0.279. The molecule has 1 nitrogen and oxygen atoms in total. The molecular weight excluding hydrogens is 346 g/mol. The predicted octanol–water partition coefficient (Wildman–Crippen LogP) is 5.69. The zero-order valence-electron chi connectivity index (χ0n) is 12.5. The second kappa shape index (κ2) is 7.98. The average Bonchev–Trinajstić information content (AvgIpc) is 2.44. The molecule has 1 atom stereocenters. The molecule has 0 radical (unpaired) electrons. The molecule has 0 aliphatic rings. The van der Waals surface area contributed by atoms with E-state index in [1.807, 2.05) is 18.2 Å². The molecule has 0 saturated heterocycles. The highest BCUT2D eigenvalue weighted by molar-refractivity contribution is 9.10. The lowest BCUT2D eigenvalue weighted by Gasteiger charge is -2.20. The summed E-state index contributed by atoms with van der Waals surface area (Å²) in [6, 6.07) is 14.9. The summed E-state index contributed by atoms with van der Waals surface area (Å²) in [4.78, 5) is 0. The molecule has 0 aliphatic carbocycles. The Kier molecular flexibility index (Phi) is 6.28. The Bertz CT molecular complexity index is 577. The summed E-state index contributed by atoms with van der Waals surface area (Å²) in [5.41, 5.74) is 3.75. The van der Waals surface area contributed by atoms with Gasteiger partial charge in [0, 0.05) is 15.5 Å². The van der Waals surface area contributed by atoms with Crippen LogP contribution in [0.5, 0.6) is 0 Å². The SMILES string of the molecule is CCCNC(Cc1ccccc1Cl)c1cc(C)cc(Br)c1. The molecular formula is C18H21BrClN. The average molecular weight is 367 g/mol. The van der Waals surface area contributed by atoms with Crippen LogP contribution in [0.15, 0.2) is 46.9 Å². The third-order valence-electron chi connectivity index (χ3n) is 3.49. The van der Waals surface area contributed by atoms with Gasteiger partial charge in [-0.15, -0.1) is 0 Å². The predicted molar refractivity (Wildman–Crippen MR) is 95.1 cm³/mol. The first-order valence-corrected chi connectivity index (χ1v) is 8.51. The Balaban J connectivity index is 2.27. The van der Waals surface area contributed by atoms with Crippen LogP contribution in [0, 0.1) is 6.92 Å². The molecule has 0 heterocycles. The topological polar surface area (TPSA) is 12.0 Å². The minimum Gasteiger partial charge on any atom is -0.310 e. The van der Waals surface area contributed by atoms with Gasteiger partial charge in [-0.1, -0.05) is 58.7 Å². The van der Waals surface area contributed by atoms with Crippen molar-refractivity contribution >= 4 is 27.5 Å². The van der Waals surface area contributed by atoms with E-state index in [0.29, 0.717) is 0 Å². The fraction of sp³-hybridized carbons (Fsp3) is 0.333. The van der Waals surface area contributed by atoms with E-state index in [9.17, 15) is 0 Å². The van der Waals surface area contributed by atoms with E-state index in [1.165, 1.54) is 16.7 Å². The molecule has 1 unspecified atom stereocenters. The summed E-state index contributed by atoms with van der Waals surface area (Å²) in [6.07, 6.45) is 2.02. The molecule has 112 valence electrons. The van der Waals surface area contributed by atoms with Gasteiger partial charge in [0.1, 0.15) is 0 Å². The molecule has 0 amide bonds. The molecule has 2 rings (SSSR count). The molecule has 0 aliphatic heterocycles. The number of halogens is 2. The van der Waals surface area contributed by atoms with Crippen LogP contribution in [0.25, 0.3) is 0 Å². The maximum absolute atomic E-state index is 6.32. The lowest BCUT2D eigenvalue weighted by molar-refractivity contribution is 0.529. The molecule has 2 aromatic rings. The first-order valence-electron chi connectivity index (χ1n) is 7.34. The molecule has 0 fully saturated rings. The van der Waals surface area contributed by atoms with E-state index < -0.39 is 0 Å². The third-order valence-corrected chi connectivity index (χ3v) is 4.32. The van der Waals surface area contributed by atoms with E-state index >= 15 is 0 Å². The summed E-state index contributed by atoms with van der Waals surface area (Å²) >= 11 is 9.91. The van der Waals surface area contributed by atoms with Crippen LogP contribution in [0.3, 0.4) is 0 Å². The Morgan fingerprint density at radius 2 is 1.95 bits per heavy atom. The Labute approximate surface area is 140 Å². The van der Waals surface area contributed by atoms with Gasteiger partial charge in [-0.2, -0.15) is 0 Å². The van der Waals surface area contributed by atoms with Gasteiger partial charge in [-0.05, 0) is 61.2 Å².